The van der Waals surface area contributed by atoms with Gasteiger partial charge in [0.25, 0.3) is 10.0 Å². The van der Waals surface area contributed by atoms with Crippen molar-refractivity contribution in [3.8, 4) is 0 Å². The van der Waals surface area contributed by atoms with Crippen LogP contribution in [0.3, 0.4) is 0 Å². The molecule has 0 bridgehead atoms. The molecular weight excluding hydrogens is 511 g/mol. The van der Waals surface area contributed by atoms with Crippen molar-refractivity contribution in [3.05, 3.63) is 94.1 Å². The van der Waals surface area contributed by atoms with Crippen molar-refractivity contribution in [2.24, 2.45) is 0 Å². The van der Waals surface area contributed by atoms with Crippen LogP contribution in [0.25, 0.3) is 0 Å². The van der Waals surface area contributed by atoms with Crippen molar-refractivity contribution in [2.45, 2.75) is 17.7 Å². The predicted molar refractivity (Wildman–Crippen MR) is 128 cm³/mol. The van der Waals surface area contributed by atoms with Crippen LogP contribution in [-0.2, 0) is 14.8 Å². The fourth-order valence-electron chi connectivity index (χ4n) is 2.99. The molecule has 0 fully saturated rings. The van der Waals surface area contributed by atoms with Crippen LogP contribution in [0.15, 0.2) is 89.8 Å². The SMILES string of the molecule is CC(CNC(=O)CN(c1ccc(I)cc1)S(=O)(=O)c1ccccc1)c1ccccc1. The molecule has 30 heavy (non-hydrogen) atoms. The first-order valence-electron chi connectivity index (χ1n) is 9.53. The Morgan fingerprint density at radius 3 is 2.10 bits per heavy atom. The highest BCUT2D eigenvalue weighted by Gasteiger charge is 2.27. The number of carbonyl (C=O) groups excluding carboxylic acids is 1. The van der Waals surface area contributed by atoms with Gasteiger partial charge >= 0.3 is 0 Å². The maximum Gasteiger partial charge on any atom is 0.264 e. The summed E-state index contributed by atoms with van der Waals surface area (Å²) in [5.41, 5.74) is 1.56. The summed E-state index contributed by atoms with van der Waals surface area (Å²) in [7, 11) is -3.88. The monoisotopic (exact) mass is 534 g/mol. The van der Waals surface area contributed by atoms with Gasteiger partial charge in [-0.15, -0.1) is 0 Å². The number of hydrogen-bond acceptors (Lipinski definition) is 3. The van der Waals surface area contributed by atoms with E-state index in [2.05, 4.69) is 27.9 Å². The Labute approximate surface area is 191 Å². The Kier molecular flexibility index (Phi) is 7.49. The number of nitrogens with zero attached hydrogens (tertiary/aromatic N) is 1. The number of anilines is 1. The maximum atomic E-state index is 13.3. The number of sulfonamides is 1. The van der Waals surface area contributed by atoms with Gasteiger partial charge in [0.2, 0.25) is 5.91 Å². The Morgan fingerprint density at radius 2 is 1.50 bits per heavy atom. The highest BCUT2D eigenvalue weighted by atomic mass is 127. The molecule has 1 atom stereocenters. The van der Waals surface area contributed by atoms with Crippen molar-refractivity contribution in [3.63, 3.8) is 0 Å². The first-order chi connectivity index (χ1) is 14.4. The second-order valence-electron chi connectivity index (χ2n) is 6.92. The Bertz CT molecular complexity index is 1070. The molecule has 156 valence electrons. The van der Waals surface area contributed by atoms with Gasteiger partial charge in [0.1, 0.15) is 6.54 Å². The number of benzene rings is 3. The average molecular weight is 534 g/mol. The second kappa shape index (κ2) is 10.1. The number of halogens is 1. The summed E-state index contributed by atoms with van der Waals surface area (Å²) < 4.78 is 28.6. The van der Waals surface area contributed by atoms with Gasteiger partial charge in [-0.2, -0.15) is 0 Å². The lowest BCUT2D eigenvalue weighted by Crippen LogP contribution is -2.41. The van der Waals surface area contributed by atoms with Crippen LogP contribution < -0.4 is 9.62 Å². The summed E-state index contributed by atoms with van der Waals surface area (Å²) in [5.74, 6) is -0.233. The van der Waals surface area contributed by atoms with Gasteiger partial charge in [-0.25, -0.2) is 8.42 Å². The maximum absolute atomic E-state index is 13.3. The minimum absolute atomic E-state index is 0.118. The zero-order valence-corrected chi connectivity index (χ0v) is 19.5. The van der Waals surface area contributed by atoms with Crippen LogP contribution >= 0.6 is 22.6 Å². The average Bonchev–Trinajstić information content (AvgIpc) is 2.77. The molecule has 0 aromatic heterocycles. The van der Waals surface area contributed by atoms with E-state index >= 15 is 0 Å². The highest BCUT2D eigenvalue weighted by molar-refractivity contribution is 14.1. The third-order valence-electron chi connectivity index (χ3n) is 4.71. The van der Waals surface area contributed by atoms with E-state index in [0.717, 1.165) is 13.4 Å². The van der Waals surface area contributed by atoms with Gasteiger partial charge in [-0.3, -0.25) is 9.10 Å². The molecular formula is C23H23IN2O3S. The minimum Gasteiger partial charge on any atom is -0.354 e. The number of amides is 1. The molecule has 5 nitrogen and oxygen atoms in total. The third kappa shape index (κ3) is 5.60. The van der Waals surface area contributed by atoms with Crippen LogP contribution in [0.5, 0.6) is 0 Å². The molecule has 3 aromatic rings. The van der Waals surface area contributed by atoms with Crippen LogP contribution in [0.4, 0.5) is 5.69 Å². The van der Waals surface area contributed by atoms with Crippen molar-refractivity contribution in [1.82, 2.24) is 5.32 Å². The van der Waals surface area contributed by atoms with E-state index in [0.29, 0.717) is 12.2 Å². The van der Waals surface area contributed by atoms with E-state index in [4.69, 9.17) is 0 Å². The Balaban J connectivity index is 1.79. The Hall–Kier alpha value is -2.39. The number of carbonyl (C=O) groups is 1. The summed E-state index contributed by atoms with van der Waals surface area (Å²) in [6.07, 6.45) is 0. The van der Waals surface area contributed by atoms with Crippen molar-refractivity contribution < 1.29 is 13.2 Å². The van der Waals surface area contributed by atoms with Crippen LogP contribution in [0.2, 0.25) is 0 Å². The molecule has 0 aliphatic heterocycles. The first-order valence-corrected chi connectivity index (χ1v) is 12.0. The van der Waals surface area contributed by atoms with E-state index in [9.17, 15) is 13.2 Å². The minimum atomic E-state index is -3.88. The van der Waals surface area contributed by atoms with E-state index in [1.54, 1.807) is 30.3 Å². The standard InChI is InChI=1S/C23H23IN2O3S/c1-18(19-8-4-2-5-9-19)16-25-23(27)17-26(21-14-12-20(24)13-15-21)30(28,29)22-10-6-3-7-11-22/h2-15,18H,16-17H2,1H3,(H,25,27). The van der Waals surface area contributed by atoms with Crippen LogP contribution in [0, 0.1) is 3.57 Å². The summed E-state index contributed by atoms with van der Waals surface area (Å²) in [4.78, 5) is 12.8. The van der Waals surface area contributed by atoms with Crippen molar-refractivity contribution >= 4 is 44.2 Å². The molecule has 0 radical (unpaired) electrons. The summed E-state index contributed by atoms with van der Waals surface area (Å²) >= 11 is 2.16. The molecule has 0 saturated heterocycles. The number of hydrogen-bond donors (Lipinski definition) is 1. The molecule has 0 heterocycles. The van der Waals surface area contributed by atoms with Gasteiger partial charge in [-0.05, 0) is 70.5 Å². The summed E-state index contributed by atoms with van der Waals surface area (Å²) in [5, 5.41) is 2.87. The molecule has 1 amide bonds. The fourth-order valence-corrected chi connectivity index (χ4v) is 4.80. The number of nitrogens with one attached hydrogen (secondary N) is 1. The second-order valence-corrected chi connectivity index (χ2v) is 10.0. The van der Waals surface area contributed by atoms with Gasteiger partial charge in [-0.1, -0.05) is 55.5 Å². The topological polar surface area (TPSA) is 66.5 Å². The molecule has 1 N–H and O–H groups in total. The lowest BCUT2D eigenvalue weighted by atomic mass is 10.0. The zero-order chi connectivity index (χ0) is 21.6. The normalized spacial score (nSPS) is 12.2. The summed E-state index contributed by atoms with van der Waals surface area (Å²) in [6.45, 7) is 2.15. The van der Waals surface area contributed by atoms with Crippen LogP contribution in [-0.4, -0.2) is 27.4 Å². The zero-order valence-electron chi connectivity index (χ0n) is 16.5. The lowest BCUT2D eigenvalue weighted by Gasteiger charge is -2.24. The smallest absolute Gasteiger partial charge is 0.264 e. The van der Waals surface area contributed by atoms with E-state index in [-0.39, 0.29) is 23.3 Å². The molecule has 0 aliphatic rings. The highest BCUT2D eigenvalue weighted by Crippen LogP contribution is 2.24. The van der Waals surface area contributed by atoms with Crippen molar-refractivity contribution in [2.75, 3.05) is 17.4 Å². The van der Waals surface area contributed by atoms with Gasteiger partial charge in [0, 0.05) is 10.1 Å². The molecule has 0 saturated carbocycles. The van der Waals surface area contributed by atoms with E-state index < -0.39 is 10.0 Å². The van der Waals surface area contributed by atoms with E-state index in [1.807, 2.05) is 49.4 Å². The third-order valence-corrected chi connectivity index (χ3v) is 7.21. The van der Waals surface area contributed by atoms with Gasteiger partial charge in [0.15, 0.2) is 0 Å². The van der Waals surface area contributed by atoms with Crippen molar-refractivity contribution in [1.29, 1.82) is 0 Å². The van der Waals surface area contributed by atoms with Gasteiger partial charge in [0.05, 0.1) is 10.6 Å². The van der Waals surface area contributed by atoms with Gasteiger partial charge < -0.3 is 5.32 Å². The fraction of sp³-hybridized carbons (Fsp3) is 0.174. The van der Waals surface area contributed by atoms with Crippen LogP contribution in [0.1, 0.15) is 18.4 Å². The lowest BCUT2D eigenvalue weighted by molar-refractivity contribution is -0.119. The van der Waals surface area contributed by atoms with E-state index in [1.165, 1.54) is 12.1 Å². The molecule has 0 aliphatic carbocycles. The quantitative estimate of drug-likeness (QED) is 0.436. The predicted octanol–water partition coefficient (Wildman–Crippen LogP) is 4.41. The number of rotatable bonds is 8. The molecule has 3 aromatic carbocycles. The molecule has 7 heteroatoms. The first kappa shape index (κ1) is 22.3. The largest absolute Gasteiger partial charge is 0.354 e. The molecule has 3 rings (SSSR count). The Morgan fingerprint density at radius 1 is 0.933 bits per heavy atom. The molecule has 1 unspecified atom stereocenters. The molecule has 0 spiro atoms. The summed E-state index contributed by atoms with van der Waals surface area (Å²) in [6, 6.07) is 25.1.